The second kappa shape index (κ2) is 14.9. The number of hydrogen-bond donors (Lipinski definition) is 0. The number of unbranched alkanes of at least 4 members (excludes halogenated alkanes) is 1. The highest BCUT2D eigenvalue weighted by molar-refractivity contribution is 5.74. The van der Waals surface area contributed by atoms with Gasteiger partial charge in [0.25, 0.3) is 0 Å². The van der Waals surface area contributed by atoms with Gasteiger partial charge in [-0.15, -0.1) is 0 Å². The van der Waals surface area contributed by atoms with Crippen molar-refractivity contribution in [3.8, 4) is 0 Å². The highest BCUT2D eigenvalue weighted by atomic mass is 16.7. The quantitative estimate of drug-likeness (QED) is 0.205. The van der Waals surface area contributed by atoms with E-state index in [0.29, 0.717) is 18.4 Å². The van der Waals surface area contributed by atoms with Crippen LogP contribution in [0.5, 0.6) is 0 Å². The first kappa shape index (κ1) is 27.1. The fourth-order valence-corrected chi connectivity index (χ4v) is 4.94. The van der Waals surface area contributed by atoms with Gasteiger partial charge in [-0.3, -0.25) is 0 Å². The van der Waals surface area contributed by atoms with Gasteiger partial charge in [-0.1, -0.05) is 64.3 Å². The Hall–Kier alpha value is -1.13. The molecular weight excluding hydrogens is 400 g/mol. The predicted octanol–water partition coefficient (Wildman–Crippen LogP) is 7.38. The van der Waals surface area contributed by atoms with E-state index in [1.165, 1.54) is 52.1 Å². The van der Waals surface area contributed by atoms with Crippen molar-refractivity contribution in [2.45, 2.75) is 117 Å². The monoisotopic (exact) mass is 448 g/mol. The molecule has 2 rings (SSSR count). The van der Waals surface area contributed by atoms with E-state index in [1.54, 1.807) is 0 Å². The molecule has 4 nitrogen and oxygen atoms in total. The largest absolute Gasteiger partial charge is 0.467 e. The highest BCUT2D eigenvalue weighted by Gasteiger charge is 2.26. The topological polar surface area (TPSA) is 44.8 Å². The average Bonchev–Trinajstić information content (AvgIpc) is 3.24. The van der Waals surface area contributed by atoms with Gasteiger partial charge in [-0.2, -0.15) is 0 Å². The molecule has 1 aliphatic heterocycles. The molecule has 0 amide bonds. The molecule has 0 bridgehead atoms. The summed E-state index contributed by atoms with van der Waals surface area (Å²) < 4.78 is 16.5. The maximum atomic E-state index is 12.1. The zero-order chi connectivity index (χ0) is 23.2. The Morgan fingerprint density at radius 2 is 1.97 bits per heavy atom. The van der Waals surface area contributed by atoms with Crippen molar-refractivity contribution < 1.29 is 19.0 Å². The first-order valence-corrected chi connectivity index (χ1v) is 13.1. The lowest BCUT2D eigenvalue weighted by molar-refractivity contribution is -0.203. The fraction of sp³-hybridized carbons (Fsp3) is 0.821. The molecule has 0 spiro atoms. The molecule has 1 heterocycles. The molecule has 4 atom stereocenters. The van der Waals surface area contributed by atoms with E-state index in [0.717, 1.165) is 43.9 Å². The van der Waals surface area contributed by atoms with Gasteiger partial charge in [0.1, 0.15) is 0 Å². The van der Waals surface area contributed by atoms with Crippen LogP contribution in [0.3, 0.4) is 0 Å². The van der Waals surface area contributed by atoms with Gasteiger partial charge >= 0.3 is 5.97 Å². The first-order valence-electron chi connectivity index (χ1n) is 13.1. The molecule has 0 N–H and O–H groups in total. The van der Waals surface area contributed by atoms with E-state index in [9.17, 15) is 4.79 Å². The summed E-state index contributed by atoms with van der Waals surface area (Å²) in [6.45, 7) is 7.78. The van der Waals surface area contributed by atoms with Crippen LogP contribution in [0, 0.1) is 17.3 Å². The number of carbonyl (C=O) groups excluding carboxylic acids is 1. The number of methoxy groups -OCH3 is 1. The molecule has 1 saturated heterocycles. The Bertz CT molecular complexity index is 574. The van der Waals surface area contributed by atoms with Gasteiger partial charge in [0.2, 0.25) is 0 Å². The number of carbonyl (C=O) groups is 1. The van der Waals surface area contributed by atoms with Crippen molar-refractivity contribution in [1.82, 2.24) is 0 Å². The zero-order valence-electron chi connectivity index (χ0n) is 21.2. The fourth-order valence-electron chi connectivity index (χ4n) is 4.94. The molecule has 0 aromatic carbocycles. The van der Waals surface area contributed by atoms with E-state index in [4.69, 9.17) is 14.2 Å². The maximum absolute atomic E-state index is 12.1. The number of allylic oxidation sites excluding steroid dienone is 4. The molecule has 0 aromatic rings. The number of esters is 1. The van der Waals surface area contributed by atoms with Crippen LogP contribution in [0.4, 0.5) is 0 Å². The minimum absolute atomic E-state index is 0.269. The van der Waals surface area contributed by atoms with E-state index < -0.39 is 6.10 Å². The Balaban J connectivity index is 1.73. The van der Waals surface area contributed by atoms with Crippen LogP contribution in [0.15, 0.2) is 24.3 Å². The van der Waals surface area contributed by atoms with E-state index >= 15 is 0 Å². The van der Waals surface area contributed by atoms with Crippen molar-refractivity contribution in [3.63, 3.8) is 0 Å². The summed E-state index contributed by atoms with van der Waals surface area (Å²) in [5.41, 5.74) is 0.418. The predicted molar refractivity (Wildman–Crippen MR) is 131 cm³/mol. The van der Waals surface area contributed by atoms with E-state index in [2.05, 4.69) is 45.1 Å². The highest BCUT2D eigenvalue weighted by Crippen LogP contribution is 2.36. The number of rotatable bonds is 14. The first-order chi connectivity index (χ1) is 15.4. The molecule has 1 saturated carbocycles. The van der Waals surface area contributed by atoms with Crippen molar-refractivity contribution in [2.75, 3.05) is 13.7 Å². The summed E-state index contributed by atoms with van der Waals surface area (Å²) in [6.07, 6.45) is 23.4. The standard InChI is InChI=1S/C28H48O4/c1-5-6-20-28(2,3)21-13-17-24-16-12-15-23(24)14-8-7-9-18-25(27(29)30-4)32-26-19-10-11-22-31-26/h7-8,13,17,23-26H,5-6,9-12,14-16,18-22H2,1-4H3/t23-,24+,25?,26?/m0/s1. The van der Waals surface area contributed by atoms with Crippen LogP contribution in [-0.2, 0) is 19.0 Å². The van der Waals surface area contributed by atoms with Gasteiger partial charge in [0.05, 0.1) is 7.11 Å². The lowest BCUT2D eigenvalue weighted by atomic mass is 9.83. The van der Waals surface area contributed by atoms with Crippen LogP contribution < -0.4 is 0 Å². The third kappa shape index (κ3) is 10.2. The maximum Gasteiger partial charge on any atom is 0.335 e. The molecule has 2 aliphatic rings. The third-order valence-corrected chi connectivity index (χ3v) is 7.10. The summed E-state index contributed by atoms with van der Waals surface area (Å²) in [6, 6.07) is 0. The molecule has 2 unspecified atom stereocenters. The lowest BCUT2D eigenvalue weighted by Gasteiger charge is -2.26. The van der Waals surface area contributed by atoms with Crippen LogP contribution in [0.25, 0.3) is 0 Å². The van der Waals surface area contributed by atoms with Gasteiger partial charge in [-0.25, -0.2) is 4.79 Å². The van der Waals surface area contributed by atoms with Crippen LogP contribution in [-0.4, -0.2) is 32.1 Å². The van der Waals surface area contributed by atoms with Crippen molar-refractivity contribution in [2.24, 2.45) is 17.3 Å². The number of hydrogen-bond acceptors (Lipinski definition) is 4. The second-order valence-corrected chi connectivity index (χ2v) is 10.5. The summed E-state index contributed by atoms with van der Waals surface area (Å²) in [5, 5.41) is 0. The summed E-state index contributed by atoms with van der Waals surface area (Å²) in [5.74, 6) is 1.18. The molecule has 2 fully saturated rings. The Labute approximate surface area is 197 Å². The van der Waals surface area contributed by atoms with Crippen LogP contribution in [0.1, 0.15) is 104 Å². The van der Waals surface area contributed by atoms with Crippen LogP contribution in [0.2, 0.25) is 0 Å². The Kier molecular flexibility index (Phi) is 12.6. The van der Waals surface area contributed by atoms with Crippen molar-refractivity contribution >= 4 is 5.97 Å². The van der Waals surface area contributed by atoms with Gasteiger partial charge in [0.15, 0.2) is 12.4 Å². The van der Waals surface area contributed by atoms with E-state index in [-0.39, 0.29) is 12.3 Å². The molecule has 184 valence electrons. The second-order valence-electron chi connectivity index (χ2n) is 10.5. The Morgan fingerprint density at radius 3 is 2.69 bits per heavy atom. The SMILES string of the molecule is CCCCC(C)(C)CC=C[C@H]1CCC[C@@H]1CC=CCCC(OC1CCCCO1)C(=O)OC. The van der Waals surface area contributed by atoms with Gasteiger partial charge < -0.3 is 14.2 Å². The molecule has 4 heteroatoms. The summed E-state index contributed by atoms with van der Waals surface area (Å²) in [7, 11) is 1.43. The summed E-state index contributed by atoms with van der Waals surface area (Å²) >= 11 is 0. The molecular formula is C28H48O4. The smallest absolute Gasteiger partial charge is 0.335 e. The Morgan fingerprint density at radius 1 is 1.12 bits per heavy atom. The molecule has 0 radical (unpaired) electrons. The third-order valence-electron chi connectivity index (χ3n) is 7.10. The number of ether oxygens (including phenoxy) is 3. The zero-order valence-corrected chi connectivity index (χ0v) is 21.2. The average molecular weight is 449 g/mol. The lowest BCUT2D eigenvalue weighted by Crippen LogP contribution is -2.33. The van der Waals surface area contributed by atoms with Crippen LogP contribution >= 0.6 is 0 Å². The molecule has 0 aromatic heterocycles. The molecule has 1 aliphatic carbocycles. The molecule has 32 heavy (non-hydrogen) atoms. The van der Waals surface area contributed by atoms with Crippen molar-refractivity contribution in [1.29, 1.82) is 0 Å². The van der Waals surface area contributed by atoms with E-state index in [1.807, 2.05) is 0 Å². The van der Waals surface area contributed by atoms with Crippen molar-refractivity contribution in [3.05, 3.63) is 24.3 Å². The summed E-state index contributed by atoms with van der Waals surface area (Å²) in [4.78, 5) is 12.1. The van der Waals surface area contributed by atoms with Gasteiger partial charge in [0, 0.05) is 6.61 Å². The van der Waals surface area contributed by atoms with Gasteiger partial charge in [-0.05, 0) is 81.5 Å². The minimum Gasteiger partial charge on any atom is -0.467 e. The minimum atomic E-state index is -0.536. The normalized spacial score (nSPS) is 25.6.